The molecule has 1 saturated carbocycles. The highest BCUT2D eigenvalue weighted by Crippen LogP contribution is 2.35. The normalized spacial score (nSPS) is 20.9. The van der Waals surface area contributed by atoms with Crippen LogP contribution in [0.1, 0.15) is 49.8 Å². The maximum absolute atomic E-state index is 13.0. The van der Waals surface area contributed by atoms with E-state index in [1.54, 1.807) is 17.7 Å². The zero-order chi connectivity index (χ0) is 23.0. The third-order valence-electron chi connectivity index (χ3n) is 6.45. The van der Waals surface area contributed by atoms with Crippen molar-refractivity contribution in [2.45, 2.75) is 44.1 Å². The second-order valence-electron chi connectivity index (χ2n) is 8.69. The number of amides is 4. The van der Waals surface area contributed by atoms with Gasteiger partial charge in [-0.05, 0) is 54.3 Å². The molecule has 5 rings (SSSR count). The Balaban J connectivity index is 1.36. The van der Waals surface area contributed by atoms with E-state index in [0.717, 1.165) is 29.1 Å². The van der Waals surface area contributed by atoms with Crippen molar-refractivity contribution in [2.75, 3.05) is 11.9 Å². The first kappa shape index (κ1) is 21.4. The fourth-order valence-corrected chi connectivity index (χ4v) is 5.35. The largest absolute Gasteiger partial charge is 0.325 e. The third-order valence-corrected chi connectivity index (χ3v) is 7.13. The molecule has 8 nitrogen and oxygen atoms in total. The van der Waals surface area contributed by atoms with Gasteiger partial charge in [-0.25, -0.2) is 9.48 Å². The third kappa shape index (κ3) is 3.93. The summed E-state index contributed by atoms with van der Waals surface area (Å²) in [5.74, 6) is 0.0102. The predicted molar refractivity (Wildman–Crippen MR) is 125 cm³/mol. The van der Waals surface area contributed by atoms with E-state index in [1.165, 1.54) is 24.2 Å². The van der Waals surface area contributed by atoms with E-state index in [1.807, 2.05) is 47.2 Å². The standard InChI is InChI=1S/C24H25N5O3S/c1-24(17-11-12-33-15-17)22(31)28(23(32)26-24)14-21(30)25-20-13-19(16-7-5-6-8-16)27-29(20)18-9-3-2-4-10-18/h2-4,9-13,15-16H,5-8,14H2,1H3,(H,25,30)(H,26,32). The van der Waals surface area contributed by atoms with Crippen molar-refractivity contribution in [1.82, 2.24) is 20.0 Å². The molecule has 3 aromatic rings. The van der Waals surface area contributed by atoms with Crippen LogP contribution in [-0.2, 0) is 15.1 Å². The number of nitrogens with one attached hydrogen (secondary N) is 2. The van der Waals surface area contributed by atoms with Crippen LogP contribution in [0.5, 0.6) is 0 Å². The van der Waals surface area contributed by atoms with E-state index in [2.05, 4.69) is 10.6 Å². The average molecular weight is 464 g/mol. The summed E-state index contributed by atoms with van der Waals surface area (Å²) in [6, 6.07) is 12.7. The number of rotatable bonds is 6. The number of carbonyl (C=O) groups is 3. The zero-order valence-corrected chi connectivity index (χ0v) is 19.1. The maximum atomic E-state index is 13.0. The lowest BCUT2D eigenvalue weighted by molar-refractivity contribution is -0.133. The first-order chi connectivity index (χ1) is 16.0. The fourth-order valence-electron chi connectivity index (χ4n) is 4.59. The topological polar surface area (TPSA) is 96.3 Å². The molecule has 1 aliphatic carbocycles. The van der Waals surface area contributed by atoms with Gasteiger partial charge in [0.15, 0.2) is 0 Å². The molecule has 0 spiro atoms. The first-order valence-corrected chi connectivity index (χ1v) is 12.0. The highest BCUT2D eigenvalue weighted by molar-refractivity contribution is 7.08. The van der Waals surface area contributed by atoms with Crippen LogP contribution in [-0.4, -0.2) is 39.1 Å². The molecule has 1 aromatic carbocycles. The van der Waals surface area contributed by atoms with Crippen molar-refractivity contribution in [3.8, 4) is 5.69 Å². The molecule has 1 aliphatic heterocycles. The smallest absolute Gasteiger partial charge is 0.319 e. The number of thiophene rings is 1. The Morgan fingerprint density at radius 2 is 1.97 bits per heavy atom. The lowest BCUT2D eigenvalue weighted by Crippen LogP contribution is -2.42. The lowest BCUT2D eigenvalue weighted by atomic mass is 9.95. The van der Waals surface area contributed by atoms with Crippen molar-refractivity contribution in [1.29, 1.82) is 0 Å². The number of nitrogens with zero attached hydrogens (tertiary/aromatic N) is 3. The van der Waals surface area contributed by atoms with Crippen LogP contribution in [0.3, 0.4) is 0 Å². The molecule has 1 saturated heterocycles. The Morgan fingerprint density at radius 3 is 2.67 bits per heavy atom. The Kier molecular flexibility index (Phi) is 5.49. The summed E-state index contributed by atoms with van der Waals surface area (Å²) in [5, 5.41) is 14.1. The summed E-state index contributed by atoms with van der Waals surface area (Å²) in [5.41, 5.74) is 1.32. The number of hydrogen-bond acceptors (Lipinski definition) is 5. The molecule has 0 radical (unpaired) electrons. The summed E-state index contributed by atoms with van der Waals surface area (Å²) in [4.78, 5) is 39.5. The van der Waals surface area contributed by atoms with Gasteiger partial charge in [-0.1, -0.05) is 31.0 Å². The molecule has 2 aliphatic rings. The summed E-state index contributed by atoms with van der Waals surface area (Å²) in [6.45, 7) is 1.29. The van der Waals surface area contributed by atoms with Gasteiger partial charge >= 0.3 is 6.03 Å². The molecule has 33 heavy (non-hydrogen) atoms. The van der Waals surface area contributed by atoms with Crippen molar-refractivity contribution in [3.63, 3.8) is 0 Å². The van der Waals surface area contributed by atoms with Crippen LogP contribution < -0.4 is 10.6 Å². The van der Waals surface area contributed by atoms with Crippen molar-refractivity contribution >= 4 is 35.0 Å². The molecule has 4 amide bonds. The number of carbonyl (C=O) groups excluding carboxylic acids is 3. The van der Waals surface area contributed by atoms with Gasteiger partial charge < -0.3 is 10.6 Å². The Labute approximate surface area is 195 Å². The van der Waals surface area contributed by atoms with Crippen molar-refractivity contribution in [2.24, 2.45) is 0 Å². The van der Waals surface area contributed by atoms with Gasteiger partial charge in [0.2, 0.25) is 5.91 Å². The lowest BCUT2D eigenvalue weighted by Gasteiger charge is -2.20. The minimum atomic E-state index is -1.17. The summed E-state index contributed by atoms with van der Waals surface area (Å²) in [7, 11) is 0. The number of anilines is 1. The van der Waals surface area contributed by atoms with E-state index in [0.29, 0.717) is 17.3 Å². The molecule has 170 valence electrons. The van der Waals surface area contributed by atoms with E-state index in [-0.39, 0.29) is 6.54 Å². The highest BCUT2D eigenvalue weighted by Gasteiger charge is 2.49. The average Bonchev–Trinajstić information content (AvgIpc) is 3.60. The Hall–Kier alpha value is -3.46. The molecular formula is C24H25N5O3S. The quantitative estimate of drug-likeness (QED) is 0.540. The van der Waals surface area contributed by atoms with Crippen LogP contribution in [0.2, 0.25) is 0 Å². The van der Waals surface area contributed by atoms with E-state index >= 15 is 0 Å². The predicted octanol–water partition coefficient (Wildman–Crippen LogP) is 4.00. The molecule has 1 atom stereocenters. The van der Waals surface area contributed by atoms with Crippen molar-refractivity contribution < 1.29 is 14.4 Å². The summed E-state index contributed by atoms with van der Waals surface area (Å²) >= 11 is 1.45. The summed E-state index contributed by atoms with van der Waals surface area (Å²) < 4.78 is 1.72. The second kappa shape index (κ2) is 8.47. The first-order valence-electron chi connectivity index (χ1n) is 11.1. The molecule has 2 N–H and O–H groups in total. The molecular weight excluding hydrogens is 438 g/mol. The van der Waals surface area contributed by atoms with E-state index < -0.39 is 23.4 Å². The van der Waals surface area contributed by atoms with Crippen LogP contribution >= 0.6 is 11.3 Å². The fraction of sp³-hybridized carbons (Fsp3) is 0.333. The number of urea groups is 1. The maximum Gasteiger partial charge on any atom is 0.325 e. The minimum absolute atomic E-state index is 0.372. The molecule has 2 fully saturated rings. The van der Waals surface area contributed by atoms with Crippen molar-refractivity contribution in [3.05, 3.63) is 64.5 Å². The molecule has 0 bridgehead atoms. The van der Waals surface area contributed by atoms with Gasteiger partial charge in [0, 0.05) is 12.0 Å². The molecule has 3 heterocycles. The Morgan fingerprint density at radius 1 is 1.21 bits per heavy atom. The van der Waals surface area contributed by atoms with Gasteiger partial charge in [0.1, 0.15) is 17.9 Å². The number of para-hydroxylation sites is 1. The van der Waals surface area contributed by atoms with E-state index in [4.69, 9.17) is 5.10 Å². The SMILES string of the molecule is CC1(c2ccsc2)NC(=O)N(CC(=O)Nc2cc(C3CCCC3)nn2-c2ccccc2)C1=O. The minimum Gasteiger partial charge on any atom is -0.319 e. The van der Waals surface area contributed by atoms with Gasteiger partial charge in [-0.3, -0.25) is 14.5 Å². The molecule has 9 heteroatoms. The molecule has 1 unspecified atom stereocenters. The number of imide groups is 1. The van der Waals surface area contributed by atoms with Crippen LogP contribution in [0.4, 0.5) is 10.6 Å². The van der Waals surface area contributed by atoms with Gasteiger partial charge in [-0.2, -0.15) is 16.4 Å². The van der Waals surface area contributed by atoms with Crippen LogP contribution in [0.25, 0.3) is 5.69 Å². The second-order valence-corrected chi connectivity index (χ2v) is 9.47. The number of benzene rings is 1. The molecule has 2 aromatic heterocycles. The van der Waals surface area contributed by atoms with Crippen LogP contribution in [0, 0.1) is 0 Å². The van der Waals surface area contributed by atoms with Crippen LogP contribution in [0.15, 0.2) is 53.2 Å². The van der Waals surface area contributed by atoms with Gasteiger partial charge in [0.25, 0.3) is 5.91 Å². The summed E-state index contributed by atoms with van der Waals surface area (Å²) in [6.07, 6.45) is 4.53. The van der Waals surface area contributed by atoms with Gasteiger partial charge in [-0.15, -0.1) is 0 Å². The zero-order valence-electron chi connectivity index (χ0n) is 18.3. The number of aromatic nitrogens is 2. The highest BCUT2D eigenvalue weighted by atomic mass is 32.1. The monoisotopic (exact) mass is 463 g/mol. The number of hydrogen-bond donors (Lipinski definition) is 2. The van der Waals surface area contributed by atoms with E-state index in [9.17, 15) is 14.4 Å². The van der Waals surface area contributed by atoms with Gasteiger partial charge in [0.05, 0.1) is 11.4 Å². The Bertz CT molecular complexity index is 1180.